The normalized spacial score (nSPS) is 11.8. The Balaban J connectivity index is 1.54. The van der Waals surface area contributed by atoms with E-state index >= 15 is 0 Å². The minimum absolute atomic E-state index is 0.178. The summed E-state index contributed by atoms with van der Waals surface area (Å²) in [6.07, 6.45) is 2.17. The van der Waals surface area contributed by atoms with Gasteiger partial charge in [0, 0.05) is 30.0 Å². The molecule has 0 bridgehead atoms. The fourth-order valence-electron chi connectivity index (χ4n) is 3.93. The third-order valence-electron chi connectivity index (χ3n) is 5.72. The molecule has 1 aromatic heterocycles. The monoisotopic (exact) mass is 503 g/mol. The molecule has 1 amide bonds. The van der Waals surface area contributed by atoms with E-state index < -0.39 is 5.38 Å². The molecule has 6 heteroatoms. The van der Waals surface area contributed by atoms with Crippen molar-refractivity contribution in [3.63, 3.8) is 0 Å². The Bertz CT molecular complexity index is 1210. The first kappa shape index (κ1) is 25.1. The van der Waals surface area contributed by atoms with Crippen LogP contribution in [-0.2, 0) is 11.3 Å². The van der Waals surface area contributed by atoms with Crippen molar-refractivity contribution in [1.29, 1.82) is 0 Å². The summed E-state index contributed by atoms with van der Waals surface area (Å²) in [4.78, 5) is 17.6. The molecule has 0 saturated heterocycles. The number of carbonyl (C=O) groups is 1. The Kier molecular flexibility index (Phi) is 9.04. The molecule has 35 heavy (non-hydrogen) atoms. The number of thioether (sulfide) groups is 1. The second-order valence-electron chi connectivity index (χ2n) is 8.24. The van der Waals surface area contributed by atoms with E-state index in [1.165, 1.54) is 0 Å². The number of carbonyl (C=O) groups excluding carboxylic acids is 1. The van der Waals surface area contributed by atoms with Crippen LogP contribution in [0.15, 0.2) is 96.2 Å². The van der Waals surface area contributed by atoms with Crippen molar-refractivity contribution in [3.8, 4) is 22.5 Å². The number of alkyl halides is 1. The van der Waals surface area contributed by atoms with Crippen LogP contribution in [0.2, 0.25) is 0 Å². The molecule has 0 aliphatic carbocycles. The predicted molar refractivity (Wildman–Crippen MR) is 147 cm³/mol. The number of hydrogen-bond donors (Lipinski definition) is 1. The number of benzene rings is 3. The van der Waals surface area contributed by atoms with Crippen LogP contribution in [-0.4, -0.2) is 27.8 Å². The molecular weight excluding hydrogens is 474 g/mol. The van der Waals surface area contributed by atoms with Gasteiger partial charge < -0.3 is 9.88 Å². The smallest absolute Gasteiger partial charge is 0.242 e. The summed E-state index contributed by atoms with van der Waals surface area (Å²) >= 11 is 8.02. The zero-order valence-corrected chi connectivity index (χ0v) is 21.4. The summed E-state index contributed by atoms with van der Waals surface area (Å²) in [5.74, 6) is 0.526. The lowest BCUT2D eigenvalue weighted by Gasteiger charge is -2.13. The molecule has 1 atom stereocenters. The van der Waals surface area contributed by atoms with Gasteiger partial charge in [0.05, 0.1) is 11.4 Å². The molecule has 180 valence electrons. The molecule has 4 aromatic rings. The van der Waals surface area contributed by atoms with E-state index in [1.807, 2.05) is 54.6 Å². The minimum atomic E-state index is -0.692. The zero-order chi connectivity index (χ0) is 24.5. The molecule has 3 aromatic carbocycles. The molecule has 1 unspecified atom stereocenters. The number of amides is 1. The zero-order valence-electron chi connectivity index (χ0n) is 19.9. The molecule has 0 aliphatic rings. The second-order valence-corrected chi connectivity index (χ2v) is 9.74. The second kappa shape index (κ2) is 12.6. The maximum absolute atomic E-state index is 12.5. The van der Waals surface area contributed by atoms with E-state index in [9.17, 15) is 4.79 Å². The summed E-state index contributed by atoms with van der Waals surface area (Å²) in [6, 6.07) is 30.2. The third-order valence-corrected chi connectivity index (χ3v) is 7.15. The van der Waals surface area contributed by atoms with Crippen LogP contribution in [0.3, 0.4) is 0 Å². The number of hydrogen-bond acceptors (Lipinski definition) is 3. The van der Waals surface area contributed by atoms with Crippen LogP contribution in [0, 0.1) is 0 Å². The SMILES string of the molecule is CCCCn1c(SCCNC(=O)C(Cl)c2ccccc2)nc(-c2ccccc2)c1-c1ccccc1. The van der Waals surface area contributed by atoms with Crippen molar-refractivity contribution in [2.24, 2.45) is 0 Å². The number of unbranched alkanes of at least 4 members (excludes halogenated alkanes) is 1. The van der Waals surface area contributed by atoms with E-state index in [4.69, 9.17) is 16.6 Å². The van der Waals surface area contributed by atoms with E-state index in [2.05, 4.69) is 53.2 Å². The third kappa shape index (κ3) is 6.36. The molecule has 0 saturated carbocycles. The van der Waals surface area contributed by atoms with Gasteiger partial charge in [0.15, 0.2) is 5.16 Å². The molecule has 0 aliphatic heterocycles. The van der Waals surface area contributed by atoms with Gasteiger partial charge in [-0.05, 0) is 12.0 Å². The van der Waals surface area contributed by atoms with E-state index in [1.54, 1.807) is 11.8 Å². The number of imidazole rings is 1. The first-order valence-corrected chi connectivity index (χ1v) is 13.4. The van der Waals surface area contributed by atoms with E-state index in [0.717, 1.165) is 52.6 Å². The summed E-state index contributed by atoms with van der Waals surface area (Å²) < 4.78 is 2.34. The first-order valence-electron chi connectivity index (χ1n) is 12.0. The average Bonchev–Trinajstić information content (AvgIpc) is 3.29. The van der Waals surface area contributed by atoms with Crippen LogP contribution in [0.1, 0.15) is 30.7 Å². The molecule has 0 radical (unpaired) electrons. The van der Waals surface area contributed by atoms with E-state index in [-0.39, 0.29) is 5.91 Å². The molecular formula is C29H30ClN3OS. The Hall–Kier alpha value is -3.02. The van der Waals surface area contributed by atoms with Crippen molar-refractivity contribution < 1.29 is 4.79 Å². The van der Waals surface area contributed by atoms with Crippen molar-refractivity contribution in [2.45, 2.75) is 36.8 Å². The van der Waals surface area contributed by atoms with Crippen molar-refractivity contribution >= 4 is 29.3 Å². The molecule has 1 heterocycles. The predicted octanol–water partition coefficient (Wildman–Crippen LogP) is 7.21. The average molecular weight is 504 g/mol. The molecule has 4 nitrogen and oxygen atoms in total. The number of rotatable bonds is 11. The lowest BCUT2D eigenvalue weighted by atomic mass is 10.0. The van der Waals surface area contributed by atoms with Crippen LogP contribution >= 0.6 is 23.4 Å². The van der Waals surface area contributed by atoms with Gasteiger partial charge >= 0.3 is 0 Å². The number of nitrogens with zero attached hydrogens (tertiary/aromatic N) is 2. The maximum Gasteiger partial charge on any atom is 0.242 e. The van der Waals surface area contributed by atoms with Gasteiger partial charge in [-0.2, -0.15) is 0 Å². The van der Waals surface area contributed by atoms with Crippen molar-refractivity contribution in [1.82, 2.24) is 14.9 Å². The quantitative estimate of drug-likeness (QED) is 0.134. The van der Waals surface area contributed by atoms with Gasteiger partial charge in [-0.3, -0.25) is 4.79 Å². The van der Waals surface area contributed by atoms with Crippen LogP contribution in [0.25, 0.3) is 22.5 Å². The topological polar surface area (TPSA) is 46.9 Å². The van der Waals surface area contributed by atoms with Gasteiger partial charge in [0.1, 0.15) is 5.38 Å². The molecule has 4 rings (SSSR count). The van der Waals surface area contributed by atoms with Crippen molar-refractivity contribution in [2.75, 3.05) is 12.3 Å². The standard InChI is InChI=1S/C29H30ClN3OS/c1-2-3-20-33-27(24-17-11-6-12-18-24)26(23-15-9-5-10-16-23)32-29(33)35-21-19-31-28(34)25(30)22-13-7-4-8-14-22/h4-18,25H,2-3,19-21H2,1H3,(H,31,34). The first-order chi connectivity index (χ1) is 17.2. The Morgan fingerprint density at radius 1 is 0.943 bits per heavy atom. The Morgan fingerprint density at radius 2 is 1.54 bits per heavy atom. The highest BCUT2D eigenvalue weighted by Crippen LogP contribution is 2.36. The van der Waals surface area contributed by atoms with Gasteiger partial charge in [0.2, 0.25) is 5.91 Å². The highest BCUT2D eigenvalue weighted by atomic mass is 35.5. The number of nitrogens with one attached hydrogen (secondary N) is 1. The van der Waals surface area contributed by atoms with Crippen LogP contribution in [0.5, 0.6) is 0 Å². The summed E-state index contributed by atoms with van der Waals surface area (Å²) in [5.41, 5.74) is 5.19. The number of aromatic nitrogens is 2. The minimum Gasteiger partial charge on any atom is -0.354 e. The molecule has 0 spiro atoms. The van der Waals surface area contributed by atoms with Crippen LogP contribution in [0.4, 0.5) is 0 Å². The Labute approximate surface area is 216 Å². The number of halogens is 1. The summed E-state index contributed by atoms with van der Waals surface area (Å²) in [6.45, 7) is 3.61. The molecule has 0 fully saturated rings. The van der Waals surface area contributed by atoms with Crippen molar-refractivity contribution in [3.05, 3.63) is 96.6 Å². The van der Waals surface area contributed by atoms with E-state index in [0.29, 0.717) is 12.3 Å². The lowest BCUT2D eigenvalue weighted by Crippen LogP contribution is -2.29. The highest BCUT2D eigenvalue weighted by molar-refractivity contribution is 7.99. The fraction of sp³-hybridized carbons (Fsp3) is 0.241. The van der Waals surface area contributed by atoms with Gasteiger partial charge in [-0.15, -0.1) is 11.6 Å². The maximum atomic E-state index is 12.5. The lowest BCUT2D eigenvalue weighted by molar-refractivity contribution is -0.120. The highest BCUT2D eigenvalue weighted by Gasteiger charge is 2.21. The van der Waals surface area contributed by atoms with Crippen LogP contribution < -0.4 is 5.32 Å². The molecule has 1 N–H and O–H groups in total. The van der Waals surface area contributed by atoms with Gasteiger partial charge in [-0.1, -0.05) is 116 Å². The Morgan fingerprint density at radius 3 is 2.17 bits per heavy atom. The summed E-state index contributed by atoms with van der Waals surface area (Å²) in [5, 5.41) is 3.25. The summed E-state index contributed by atoms with van der Waals surface area (Å²) in [7, 11) is 0. The van der Waals surface area contributed by atoms with Gasteiger partial charge in [-0.25, -0.2) is 4.98 Å². The fourth-order valence-corrected chi connectivity index (χ4v) is 5.04. The largest absolute Gasteiger partial charge is 0.354 e. The van der Waals surface area contributed by atoms with Gasteiger partial charge in [0.25, 0.3) is 0 Å².